The lowest BCUT2D eigenvalue weighted by Crippen LogP contribution is -2.08. The van der Waals surface area contributed by atoms with Crippen LogP contribution in [0, 0.1) is 11.8 Å². The second-order valence-electron chi connectivity index (χ2n) is 7.81. The second kappa shape index (κ2) is 18.1. The molecule has 0 aliphatic carbocycles. The van der Waals surface area contributed by atoms with E-state index in [0.717, 1.165) is 11.8 Å². The summed E-state index contributed by atoms with van der Waals surface area (Å²) in [6, 6.07) is 0. The summed E-state index contributed by atoms with van der Waals surface area (Å²) in [6.07, 6.45) is 25.9. The zero-order chi connectivity index (χ0) is 17.2. The van der Waals surface area contributed by atoms with Crippen LogP contribution < -0.4 is 0 Å². The molecule has 23 heavy (non-hydrogen) atoms. The molecule has 0 spiro atoms. The van der Waals surface area contributed by atoms with Gasteiger partial charge in [0.25, 0.3) is 0 Å². The highest BCUT2D eigenvalue weighted by Crippen LogP contribution is 2.25. The van der Waals surface area contributed by atoms with Gasteiger partial charge in [-0.05, 0) is 37.5 Å². The predicted molar refractivity (Wildman–Crippen MR) is 108 cm³/mol. The molecule has 0 aliphatic rings. The number of hydrogen-bond acceptors (Lipinski definition) is 0. The highest BCUT2D eigenvalue weighted by atomic mass is 14.2. The van der Waals surface area contributed by atoms with Gasteiger partial charge >= 0.3 is 0 Å². The van der Waals surface area contributed by atoms with Gasteiger partial charge in [-0.2, -0.15) is 0 Å². The summed E-state index contributed by atoms with van der Waals surface area (Å²) in [5, 5.41) is 0. The van der Waals surface area contributed by atoms with Crippen LogP contribution in [-0.4, -0.2) is 0 Å². The number of allylic oxidation sites excluding steroid dienone is 2. The first-order valence-electron chi connectivity index (χ1n) is 10.9. The number of hydrogen-bond donors (Lipinski definition) is 0. The molecular weight excluding hydrogens is 276 g/mol. The van der Waals surface area contributed by atoms with Crippen molar-refractivity contribution in [1.29, 1.82) is 0 Å². The number of rotatable bonds is 17. The summed E-state index contributed by atoms with van der Waals surface area (Å²) in [5.41, 5.74) is 0. The van der Waals surface area contributed by atoms with Crippen LogP contribution in [0.15, 0.2) is 12.2 Å². The molecule has 0 aromatic carbocycles. The molecule has 0 bridgehead atoms. The Morgan fingerprint density at radius 3 is 1.57 bits per heavy atom. The summed E-state index contributed by atoms with van der Waals surface area (Å²) in [5.74, 6) is 1.84. The van der Waals surface area contributed by atoms with Gasteiger partial charge in [-0.3, -0.25) is 0 Å². The van der Waals surface area contributed by atoms with Crippen LogP contribution in [0.2, 0.25) is 0 Å². The zero-order valence-electron chi connectivity index (χ0n) is 16.9. The Bertz CT molecular complexity index is 238. The smallest absolute Gasteiger partial charge is 0.0351 e. The fourth-order valence-corrected chi connectivity index (χ4v) is 3.41. The van der Waals surface area contributed by atoms with Crippen LogP contribution in [0.3, 0.4) is 0 Å². The van der Waals surface area contributed by atoms with Crippen LogP contribution in [-0.2, 0) is 0 Å². The summed E-state index contributed by atoms with van der Waals surface area (Å²) in [7, 11) is 0. The monoisotopic (exact) mass is 322 g/mol. The van der Waals surface area contributed by atoms with Gasteiger partial charge in [-0.15, -0.1) is 0 Å². The maximum absolute atomic E-state index is 2.43. The molecule has 0 fully saturated rings. The summed E-state index contributed by atoms with van der Waals surface area (Å²) in [6.45, 7) is 9.43. The van der Waals surface area contributed by atoms with E-state index in [9.17, 15) is 0 Å². The Hall–Kier alpha value is -0.260. The minimum Gasteiger partial charge on any atom is -0.0885 e. The average molecular weight is 323 g/mol. The van der Waals surface area contributed by atoms with Crippen molar-refractivity contribution in [2.45, 2.75) is 124 Å². The minimum absolute atomic E-state index is 0.871. The highest BCUT2D eigenvalue weighted by Gasteiger charge is 2.12. The van der Waals surface area contributed by atoms with Gasteiger partial charge in [0.1, 0.15) is 0 Å². The second-order valence-corrected chi connectivity index (χ2v) is 7.81. The first kappa shape index (κ1) is 22.7. The molecule has 138 valence electrons. The van der Waals surface area contributed by atoms with Gasteiger partial charge < -0.3 is 0 Å². The molecule has 0 aromatic rings. The van der Waals surface area contributed by atoms with Gasteiger partial charge in [-0.25, -0.2) is 0 Å². The van der Waals surface area contributed by atoms with E-state index in [0.29, 0.717) is 0 Å². The Morgan fingerprint density at radius 1 is 0.565 bits per heavy atom. The SMILES string of the molecule is CCCCCC=CCCCCC(CCCCCCCC)C(C)C. The van der Waals surface area contributed by atoms with Crippen molar-refractivity contribution in [3.8, 4) is 0 Å². The lowest BCUT2D eigenvalue weighted by atomic mass is 9.86. The minimum atomic E-state index is 0.871. The molecule has 1 unspecified atom stereocenters. The van der Waals surface area contributed by atoms with E-state index < -0.39 is 0 Å². The maximum Gasteiger partial charge on any atom is -0.0351 e. The Balaban J connectivity index is 3.56. The third-order valence-corrected chi connectivity index (χ3v) is 5.21. The lowest BCUT2D eigenvalue weighted by molar-refractivity contribution is 0.315. The van der Waals surface area contributed by atoms with E-state index in [1.165, 1.54) is 96.3 Å². The zero-order valence-corrected chi connectivity index (χ0v) is 16.9. The van der Waals surface area contributed by atoms with Crippen molar-refractivity contribution < 1.29 is 0 Å². The molecule has 0 heteroatoms. The normalized spacial score (nSPS) is 13.3. The Morgan fingerprint density at radius 2 is 1.00 bits per heavy atom. The van der Waals surface area contributed by atoms with Crippen molar-refractivity contribution in [1.82, 2.24) is 0 Å². The van der Waals surface area contributed by atoms with E-state index in [-0.39, 0.29) is 0 Å². The van der Waals surface area contributed by atoms with Crippen molar-refractivity contribution in [3.63, 3.8) is 0 Å². The fraction of sp³-hybridized carbons (Fsp3) is 0.913. The van der Waals surface area contributed by atoms with E-state index >= 15 is 0 Å². The first-order chi connectivity index (χ1) is 11.2. The van der Waals surface area contributed by atoms with Gasteiger partial charge in [0, 0.05) is 0 Å². The molecular formula is C23H46. The van der Waals surface area contributed by atoms with Gasteiger partial charge in [0.05, 0.1) is 0 Å². The van der Waals surface area contributed by atoms with Crippen LogP contribution in [0.5, 0.6) is 0 Å². The standard InChI is InChI=1S/C23H46/c1-5-7-9-11-13-14-15-17-19-21-23(22(3)4)20-18-16-12-10-8-6-2/h13-14,22-23H,5-12,15-21H2,1-4H3. The molecule has 0 nitrogen and oxygen atoms in total. The molecule has 0 aliphatic heterocycles. The molecule has 0 saturated carbocycles. The summed E-state index contributed by atoms with van der Waals surface area (Å²) < 4.78 is 0. The largest absolute Gasteiger partial charge is 0.0885 e. The highest BCUT2D eigenvalue weighted by molar-refractivity contribution is 4.81. The third-order valence-electron chi connectivity index (χ3n) is 5.21. The molecule has 1 atom stereocenters. The van der Waals surface area contributed by atoms with Crippen LogP contribution in [0.4, 0.5) is 0 Å². The van der Waals surface area contributed by atoms with Gasteiger partial charge in [-0.1, -0.05) is 110 Å². The Kier molecular flexibility index (Phi) is 17.9. The maximum atomic E-state index is 2.43. The van der Waals surface area contributed by atoms with Crippen molar-refractivity contribution in [2.24, 2.45) is 11.8 Å². The van der Waals surface area contributed by atoms with E-state index in [1.54, 1.807) is 0 Å². The van der Waals surface area contributed by atoms with Crippen molar-refractivity contribution in [2.75, 3.05) is 0 Å². The van der Waals surface area contributed by atoms with E-state index in [2.05, 4.69) is 39.8 Å². The fourth-order valence-electron chi connectivity index (χ4n) is 3.41. The molecule has 0 saturated heterocycles. The topological polar surface area (TPSA) is 0 Å². The van der Waals surface area contributed by atoms with E-state index in [4.69, 9.17) is 0 Å². The molecule has 0 radical (unpaired) electrons. The molecule has 0 aromatic heterocycles. The van der Waals surface area contributed by atoms with Crippen LogP contribution >= 0.6 is 0 Å². The van der Waals surface area contributed by atoms with Gasteiger partial charge in [0.15, 0.2) is 0 Å². The Labute approximate surface area is 148 Å². The average Bonchev–Trinajstić information content (AvgIpc) is 2.54. The van der Waals surface area contributed by atoms with Crippen LogP contribution in [0.25, 0.3) is 0 Å². The summed E-state index contributed by atoms with van der Waals surface area (Å²) in [4.78, 5) is 0. The van der Waals surface area contributed by atoms with Crippen molar-refractivity contribution >= 4 is 0 Å². The van der Waals surface area contributed by atoms with Gasteiger partial charge in [0.2, 0.25) is 0 Å². The van der Waals surface area contributed by atoms with Crippen LogP contribution in [0.1, 0.15) is 124 Å². The van der Waals surface area contributed by atoms with Crippen molar-refractivity contribution in [3.05, 3.63) is 12.2 Å². The summed E-state index contributed by atoms with van der Waals surface area (Å²) >= 11 is 0. The molecule has 0 N–H and O–H groups in total. The molecule has 0 heterocycles. The predicted octanol–water partition coefficient (Wildman–Crippen LogP) is 8.71. The first-order valence-corrected chi connectivity index (χ1v) is 10.9. The third kappa shape index (κ3) is 16.4. The van der Waals surface area contributed by atoms with E-state index in [1.807, 2.05) is 0 Å². The lowest BCUT2D eigenvalue weighted by Gasteiger charge is -2.20. The molecule has 0 amide bonds. The number of unbranched alkanes of at least 4 members (excludes halogenated alkanes) is 10. The quantitative estimate of drug-likeness (QED) is 0.185. The molecule has 0 rings (SSSR count).